The molecule has 0 spiro atoms. The SMILES string of the molecule is CN(C)c1cc(NC(=O)COCc2ccccc2)c(O)c2c1CC1CC3[C@H](N(C)C)C(=O)C(C(N)=O)C(=O)[C@@]3(O)C(=O)C1C2=O. The van der Waals surface area contributed by atoms with Crippen LogP contribution < -0.4 is 16.0 Å². The molecule has 0 saturated heterocycles. The van der Waals surface area contributed by atoms with Crippen LogP contribution in [0.15, 0.2) is 36.4 Å². The topological polar surface area (TPSA) is 197 Å². The number of likely N-dealkylation sites (N-methyl/N-ethyl adjacent to an activating group) is 1. The molecule has 4 unspecified atom stereocenters. The van der Waals surface area contributed by atoms with E-state index < -0.39 is 76.0 Å². The van der Waals surface area contributed by atoms with Crippen molar-refractivity contribution >= 4 is 46.3 Å². The number of aliphatic hydroxyl groups is 1. The lowest BCUT2D eigenvalue weighted by Gasteiger charge is -2.52. The van der Waals surface area contributed by atoms with Gasteiger partial charge in [-0.3, -0.25) is 33.7 Å². The number of rotatable bonds is 8. The average molecular weight is 621 g/mol. The van der Waals surface area contributed by atoms with Crippen LogP contribution in [0.4, 0.5) is 11.4 Å². The molecule has 2 fully saturated rings. The summed E-state index contributed by atoms with van der Waals surface area (Å²) in [7, 11) is 6.49. The van der Waals surface area contributed by atoms with Crippen LogP contribution in [0.3, 0.4) is 0 Å². The number of carbonyl (C=O) groups excluding carboxylic acids is 6. The van der Waals surface area contributed by atoms with Gasteiger partial charge in [-0.1, -0.05) is 30.3 Å². The molecular weight excluding hydrogens is 584 g/mol. The number of nitrogens with zero attached hydrogens (tertiary/aromatic N) is 2. The highest BCUT2D eigenvalue weighted by molar-refractivity contribution is 6.32. The summed E-state index contributed by atoms with van der Waals surface area (Å²) in [6, 6.07) is 9.55. The van der Waals surface area contributed by atoms with Crippen molar-refractivity contribution in [3.8, 4) is 5.75 Å². The van der Waals surface area contributed by atoms with Crippen molar-refractivity contribution in [1.82, 2.24) is 4.90 Å². The van der Waals surface area contributed by atoms with Gasteiger partial charge in [-0.15, -0.1) is 0 Å². The van der Waals surface area contributed by atoms with E-state index in [1.165, 1.54) is 25.1 Å². The minimum atomic E-state index is -2.82. The number of hydrogen-bond acceptors (Lipinski definition) is 11. The molecule has 6 atom stereocenters. The Morgan fingerprint density at radius 1 is 1.07 bits per heavy atom. The van der Waals surface area contributed by atoms with Gasteiger partial charge in [-0.25, -0.2) is 0 Å². The van der Waals surface area contributed by atoms with Gasteiger partial charge in [0, 0.05) is 25.7 Å². The van der Waals surface area contributed by atoms with Gasteiger partial charge >= 0.3 is 0 Å². The Balaban J connectivity index is 1.50. The normalized spacial score (nSPS) is 27.5. The molecule has 2 aromatic carbocycles. The lowest BCUT2D eigenvalue weighted by atomic mass is 9.52. The zero-order valence-corrected chi connectivity index (χ0v) is 25.4. The van der Waals surface area contributed by atoms with Gasteiger partial charge < -0.3 is 30.9 Å². The Morgan fingerprint density at radius 2 is 1.73 bits per heavy atom. The molecule has 3 aliphatic carbocycles. The van der Waals surface area contributed by atoms with Crippen molar-refractivity contribution in [2.45, 2.75) is 31.1 Å². The van der Waals surface area contributed by atoms with Crippen LogP contribution in [0.25, 0.3) is 0 Å². The highest BCUT2D eigenvalue weighted by Gasteiger charge is 2.69. The Kier molecular flexibility index (Phi) is 8.38. The van der Waals surface area contributed by atoms with Crippen molar-refractivity contribution in [2.75, 3.05) is 45.0 Å². The number of primary amides is 1. The first-order chi connectivity index (χ1) is 21.2. The van der Waals surface area contributed by atoms with Crippen molar-refractivity contribution in [2.24, 2.45) is 29.4 Å². The number of fused-ring (bicyclic) bond motifs is 3. The molecule has 0 aromatic heterocycles. The number of anilines is 2. The molecule has 13 nitrogen and oxygen atoms in total. The highest BCUT2D eigenvalue weighted by atomic mass is 16.5. The summed E-state index contributed by atoms with van der Waals surface area (Å²) >= 11 is 0. The quantitative estimate of drug-likeness (QED) is 0.231. The fraction of sp³-hybridized carbons (Fsp3) is 0.438. The summed E-state index contributed by atoms with van der Waals surface area (Å²) in [5.74, 6) is -12.1. The summed E-state index contributed by atoms with van der Waals surface area (Å²) in [4.78, 5) is 83.0. The molecule has 13 heteroatoms. The number of phenols is 1. The number of aromatic hydroxyl groups is 1. The van der Waals surface area contributed by atoms with Crippen LogP contribution in [0.2, 0.25) is 0 Å². The van der Waals surface area contributed by atoms with Gasteiger partial charge in [0.25, 0.3) is 0 Å². The van der Waals surface area contributed by atoms with E-state index in [0.29, 0.717) is 11.3 Å². The minimum absolute atomic E-state index is 0.0607. The third kappa shape index (κ3) is 5.20. The van der Waals surface area contributed by atoms with Crippen molar-refractivity contribution in [3.05, 3.63) is 53.1 Å². The molecule has 0 aliphatic heterocycles. The Labute approximate surface area is 259 Å². The first-order valence-electron chi connectivity index (χ1n) is 14.5. The maximum absolute atomic E-state index is 14.1. The summed E-state index contributed by atoms with van der Waals surface area (Å²) in [5.41, 5.74) is 4.03. The van der Waals surface area contributed by atoms with Gasteiger partial charge in [0.05, 0.1) is 29.8 Å². The lowest BCUT2D eigenvalue weighted by Crippen LogP contribution is -2.74. The predicted molar refractivity (Wildman–Crippen MR) is 160 cm³/mol. The van der Waals surface area contributed by atoms with Crippen molar-refractivity contribution < 1.29 is 43.7 Å². The smallest absolute Gasteiger partial charge is 0.250 e. The van der Waals surface area contributed by atoms with Crippen molar-refractivity contribution in [3.63, 3.8) is 0 Å². The predicted octanol–water partition coefficient (Wildman–Crippen LogP) is 0.0883. The van der Waals surface area contributed by atoms with E-state index in [4.69, 9.17) is 10.5 Å². The number of phenolic OH excluding ortho intramolecular Hbond substituents is 1. The van der Waals surface area contributed by atoms with Crippen LogP contribution in [-0.4, -0.2) is 96.5 Å². The Bertz CT molecular complexity index is 1610. The van der Waals surface area contributed by atoms with Gasteiger partial charge in [-0.05, 0) is 50.0 Å². The van der Waals surface area contributed by atoms with Crippen LogP contribution in [0.1, 0.15) is 27.9 Å². The third-order valence-corrected chi connectivity index (χ3v) is 9.14. The summed E-state index contributed by atoms with van der Waals surface area (Å²) in [6.07, 6.45) is 0.0378. The van der Waals surface area contributed by atoms with Crippen LogP contribution in [0, 0.1) is 23.7 Å². The standard InChI is InChI=1S/C32H36N4O9/c1-35(2)20-12-19(34-21(37)14-45-13-15-8-6-5-7-9-15)26(38)23-17(20)10-16-11-18-25(36(3)4)28(40)24(31(33)43)30(42)32(18,44)29(41)22(16)27(23)39/h5-9,12,16,18,22,24-25,38,44H,10-11,13-14H2,1-4H3,(H2,33,43)(H,34,37)/t16?,18?,22?,24?,25-,32-/m0/s1. The molecule has 2 amide bonds. The fourth-order valence-corrected chi connectivity index (χ4v) is 7.17. The van der Waals surface area contributed by atoms with E-state index in [0.717, 1.165) is 5.56 Å². The second kappa shape index (κ2) is 11.8. The number of ketones is 4. The van der Waals surface area contributed by atoms with E-state index in [9.17, 15) is 39.0 Å². The van der Waals surface area contributed by atoms with Gasteiger partial charge in [-0.2, -0.15) is 0 Å². The van der Waals surface area contributed by atoms with Crippen LogP contribution in [0.5, 0.6) is 5.75 Å². The highest BCUT2D eigenvalue weighted by Crippen LogP contribution is 2.52. The Hall–Kier alpha value is -4.46. The molecule has 0 bridgehead atoms. The lowest BCUT2D eigenvalue weighted by molar-refractivity contribution is -0.181. The second-order valence-corrected chi connectivity index (χ2v) is 12.4. The molecule has 2 aromatic rings. The van der Waals surface area contributed by atoms with E-state index in [1.54, 1.807) is 19.0 Å². The molecule has 5 N–H and O–H groups in total. The van der Waals surface area contributed by atoms with Gasteiger partial charge in [0.1, 0.15) is 12.4 Å². The number of nitrogens with one attached hydrogen (secondary N) is 1. The maximum Gasteiger partial charge on any atom is 0.250 e. The second-order valence-electron chi connectivity index (χ2n) is 12.4. The number of amides is 2. The largest absolute Gasteiger partial charge is 0.505 e. The first-order valence-corrected chi connectivity index (χ1v) is 14.5. The van der Waals surface area contributed by atoms with E-state index in [-0.39, 0.29) is 37.3 Å². The monoisotopic (exact) mass is 620 g/mol. The fourth-order valence-electron chi connectivity index (χ4n) is 7.17. The zero-order chi connectivity index (χ0) is 33.0. The van der Waals surface area contributed by atoms with E-state index in [2.05, 4.69) is 5.32 Å². The molecule has 238 valence electrons. The van der Waals surface area contributed by atoms with E-state index in [1.807, 2.05) is 30.3 Å². The van der Waals surface area contributed by atoms with E-state index >= 15 is 0 Å². The van der Waals surface area contributed by atoms with Crippen LogP contribution in [-0.2, 0) is 41.7 Å². The van der Waals surface area contributed by atoms with Crippen LogP contribution >= 0.6 is 0 Å². The first kappa shape index (κ1) is 31.9. The number of hydrogen-bond donors (Lipinski definition) is 4. The number of ether oxygens (including phenoxy) is 1. The molecule has 3 aliphatic rings. The zero-order valence-electron chi connectivity index (χ0n) is 25.4. The number of benzene rings is 2. The molecule has 0 radical (unpaired) electrons. The molecule has 2 saturated carbocycles. The molecule has 5 rings (SSSR count). The summed E-state index contributed by atoms with van der Waals surface area (Å²) in [5, 5.41) is 25.6. The Morgan fingerprint density at radius 3 is 2.33 bits per heavy atom. The van der Waals surface area contributed by atoms with Crippen molar-refractivity contribution in [1.29, 1.82) is 0 Å². The molecule has 0 heterocycles. The third-order valence-electron chi connectivity index (χ3n) is 9.14. The minimum Gasteiger partial charge on any atom is -0.505 e. The van der Waals surface area contributed by atoms with Gasteiger partial charge in [0.15, 0.2) is 34.7 Å². The van der Waals surface area contributed by atoms with Gasteiger partial charge in [0.2, 0.25) is 11.8 Å². The summed E-state index contributed by atoms with van der Waals surface area (Å²) in [6.45, 7) is -0.167. The average Bonchev–Trinajstić information content (AvgIpc) is 2.96. The maximum atomic E-state index is 14.1. The number of Topliss-reactive ketones (excluding diaryl/α,β-unsaturated/α-hetero) is 4. The number of carbonyl (C=O) groups is 6. The molecule has 45 heavy (non-hydrogen) atoms. The number of nitrogens with two attached hydrogens (primary N) is 1. The molecular formula is C32H36N4O9. The summed E-state index contributed by atoms with van der Waals surface area (Å²) < 4.78 is 5.48.